The molecule has 1 aromatic rings. The molecule has 1 N–H and O–H groups in total. The number of nitrogens with zero attached hydrogens (tertiary/aromatic N) is 2. The summed E-state index contributed by atoms with van der Waals surface area (Å²) >= 11 is 5.41. The lowest BCUT2D eigenvalue weighted by Gasteiger charge is -2.19. The highest BCUT2D eigenvalue weighted by atomic mass is 79.9. The molecule has 1 aliphatic heterocycles. The zero-order valence-corrected chi connectivity index (χ0v) is 11.8. The van der Waals surface area contributed by atoms with Crippen molar-refractivity contribution in [2.45, 2.75) is 32.4 Å². The molecule has 16 heavy (non-hydrogen) atoms. The maximum absolute atomic E-state index is 10.4. The van der Waals surface area contributed by atoms with Crippen LogP contribution >= 0.6 is 27.7 Å². The first-order valence-corrected chi connectivity index (χ1v) is 7.65. The van der Waals surface area contributed by atoms with Gasteiger partial charge in [0.15, 0.2) is 0 Å². The van der Waals surface area contributed by atoms with E-state index in [1.54, 1.807) is 6.20 Å². The van der Waals surface area contributed by atoms with Crippen LogP contribution in [0.1, 0.15) is 31.6 Å². The number of thioether (sulfide) groups is 1. The molecule has 2 heterocycles. The van der Waals surface area contributed by atoms with Gasteiger partial charge in [0.05, 0.1) is 16.4 Å². The second-order valence-corrected chi connectivity index (χ2v) is 6.17. The van der Waals surface area contributed by atoms with E-state index in [2.05, 4.69) is 28.0 Å². The van der Waals surface area contributed by atoms with Gasteiger partial charge in [0.25, 0.3) is 0 Å². The largest absolute Gasteiger partial charge is 0.386 e. The smallest absolute Gasteiger partial charge is 0.100 e. The fourth-order valence-electron chi connectivity index (χ4n) is 2.08. The molecule has 3 nitrogen and oxygen atoms in total. The maximum Gasteiger partial charge on any atom is 0.100 e. The number of rotatable bonds is 4. The standard InChI is InChI=1S/C11H17BrN2OS/c1-2-4-14-10(9(12)6-13-14)11(15)8-3-5-16-7-8/h6,8,11,15H,2-5,7H2,1H3. The van der Waals surface area contributed by atoms with Crippen LogP contribution in [-0.2, 0) is 6.54 Å². The maximum atomic E-state index is 10.4. The average Bonchev–Trinajstić information content (AvgIpc) is 2.88. The van der Waals surface area contributed by atoms with Crippen molar-refractivity contribution < 1.29 is 5.11 Å². The fraction of sp³-hybridized carbons (Fsp3) is 0.727. The van der Waals surface area contributed by atoms with Crippen molar-refractivity contribution in [2.24, 2.45) is 5.92 Å². The van der Waals surface area contributed by atoms with Crippen LogP contribution in [0.15, 0.2) is 10.7 Å². The Hall–Kier alpha value is -0.0000000000000000555. The van der Waals surface area contributed by atoms with Gasteiger partial charge in [0.1, 0.15) is 6.10 Å². The molecule has 90 valence electrons. The van der Waals surface area contributed by atoms with E-state index in [9.17, 15) is 5.11 Å². The van der Waals surface area contributed by atoms with Crippen LogP contribution in [0.4, 0.5) is 0 Å². The molecule has 0 radical (unpaired) electrons. The highest BCUT2D eigenvalue weighted by Gasteiger charge is 2.29. The van der Waals surface area contributed by atoms with E-state index in [0.717, 1.165) is 35.3 Å². The Morgan fingerprint density at radius 2 is 2.56 bits per heavy atom. The van der Waals surface area contributed by atoms with E-state index in [0.29, 0.717) is 5.92 Å². The van der Waals surface area contributed by atoms with E-state index in [1.807, 2.05) is 16.4 Å². The molecular formula is C11H17BrN2OS. The Morgan fingerprint density at radius 1 is 1.75 bits per heavy atom. The lowest BCUT2D eigenvalue weighted by atomic mass is 9.99. The van der Waals surface area contributed by atoms with Gasteiger partial charge in [0, 0.05) is 12.5 Å². The number of aromatic nitrogens is 2. The van der Waals surface area contributed by atoms with Gasteiger partial charge in [-0.25, -0.2) is 0 Å². The molecule has 0 amide bonds. The van der Waals surface area contributed by atoms with Crippen molar-refractivity contribution in [1.82, 2.24) is 9.78 Å². The van der Waals surface area contributed by atoms with E-state index in [1.165, 1.54) is 5.75 Å². The zero-order chi connectivity index (χ0) is 11.5. The van der Waals surface area contributed by atoms with Crippen LogP contribution in [0.3, 0.4) is 0 Å². The molecule has 2 rings (SSSR count). The number of halogens is 1. The molecule has 1 aliphatic rings. The molecule has 1 aromatic heterocycles. The summed E-state index contributed by atoms with van der Waals surface area (Å²) in [4.78, 5) is 0. The second kappa shape index (κ2) is 5.56. The van der Waals surface area contributed by atoms with Crippen molar-refractivity contribution in [3.05, 3.63) is 16.4 Å². The summed E-state index contributed by atoms with van der Waals surface area (Å²) in [5.41, 5.74) is 0.953. The van der Waals surface area contributed by atoms with Crippen molar-refractivity contribution >= 4 is 27.7 Å². The van der Waals surface area contributed by atoms with Gasteiger partial charge in [-0.3, -0.25) is 4.68 Å². The molecular weight excluding hydrogens is 288 g/mol. The molecule has 0 bridgehead atoms. The third-order valence-corrected chi connectivity index (χ3v) is 4.76. The van der Waals surface area contributed by atoms with Crippen molar-refractivity contribution in [1.29, 1.82) is 0 Å². The monoisotopic (exact) mass is 304 g/mol. The molecule has 5 heteroatoms. The molecule has 2 unspecified atom stereocenters. The highest BCUT2D eigenvalue weighted by Crippen LogP contribution is 2.36. The number of aliphatic hydroxyl groups excluding tert-OH is 1. The highest BCUT2D eigenvalue weighted by molar-refractivity contribution is 9.10. The van der Waals surface area contributed by atoms with Gasteiger partial charge in [-0.2, -0.15) is 16.9 Å². The topological polar surface area (TPSA) is 38.0 Å². The first-order valence-electron chi connectivity index (χ1n) is 5.71. The second-order valence-electron chi connectivity index (χ2n) is 4.17. The predicted molar refractivity (Wildman–Crippen MR) is 70.6 cm³/mol. The van der Waals surface area contributed by atoms with Crippen LogP contribution in [0.5, 0.6) is 0 Å². The van der Waals surface area contributed by atoms with Gasteiger partial charge in [0.2, 0.25) is 0 Å². The van der Waals surface area contributed by atoms with Gasteiger partial charge in [-0.05, 0) is 40.3 Å². The molecule has 2 atom stereocenters. The van der Waals surface area contributed by atoms with Crippen LogP contribution in [0.25, 0.3) is 0 Å². The van der Waals surface area contributed by atoms with E-state index in [-0.39, 0.29) is 6.10 Å². The molecule has 0 saturated carbocycles. The summed E-state index contributed by atoms with van der Waals surface area (Å²) in [5.74, 6) is 2.61. The predicted octanol–water partition coefficient (Wildman–Crippen LogP) is 2.84. The van der Waals surface area contributed by atoms with Crippen LogP contribution in [0.2, 0.25) is 0 Å². The van der Waals surface area contributed by atoms with Gasteiger partial charge >= 0.3 is 0 Å². The lowest BCUT2D eigenvalue weighted by molar-refractivity contribution is 0.110. The Balaban J connectivity index is 2.19. The summed E-state index contributed by atoms with van der Waals surface area (Å²) in [5, 5.41) is 14.7. The zero-order valence-electron chi connectivity index (χ0n) is 9.40. The number of hydrogen-bond acceptors (Lipinski definition) is 3. The minimum absolute atomic E-state index is 0.376. The van der Waals surface area contributed by atoms with Crippen LogP contribution < -0.4 is 0 Å². The third kappa shape index (κ3) is 2.46. The molecule has 0 aliphatic carbocycles. The Bertz CT molecular complexity index is 350. The number of aryl methyl sites for hydroxylation is 1. The molecule has 1 fully saturated rings. The number of aliphatic hydroxyl groups is 1. The summed E-state index contributed by atoms with van der Waals surface area (Å²) < 4.78 is 2.86. The molecule has 0 aromatic carbocycles. The summed E-state index contributed by atoms with van der Waals surface area (Å²) in [7, 11) is 0. The van der Waals surface area contributed by atoms with Crippen molar-refractivity contribution in [3.63, 3.8) is 0 Å². The minimum atomic E-state index is -0.376. The van der Waals surface area contributed by atoms with Crippen LogP contribution in [0, 0.1) is 5.92 Å². The Labute approximate surface area is 109 Å². The average molecular weight is 305 g/mol. The third-order valence-electron chi connectivity index (χ3n) is 2.96. The normalized spacial score (nSPS) is 22.6. The SMILES string of the molecule is CCCn1ncc(Br)c1C(O)C1CCSC1. The Kier molecular flexibility index (Phi) is 4.33. The minimum Gasteiger partial charge on any atom is -0.386 e. The van der Waals surface area contributed by atoms with E-state index in [4.69, 9.17) is 0 Å². The molecule has 0 spiro atoms. The van der Waals surface area contributed by atoms with Gasteiger partial charge in [-0.15, -0.1) is 0 Å². The van der Waals surface area contributed by atoms with Gasteiger partial charge in [-0.1, -0.05) is 6.92 Å². The van der Waals surface area contributed by atoms with E-state index >= 15 is 0 Å². The quantitative estimate of drug-likeness (QED) is 0.929. The Morgan fingerprint density at radius 3 is 3.19 bits per heavy atom. The van der Waals surface area contributed by atoms with E-state index < -0.39 is 0 Å². The van der Waals surface area contributed by atoms with Crippen LogP contribution in [-0.4, -0.2) is 26.4 Å². The first kappa shape index (κ1) is 12.5. The lowest BCUT2D eigenvalue weighted by Crippen LogP contribution is -2.17. The fourth-order valence-corrected chi connectivity index (χ4v) is 3.90. The van der Waals surface area contributed by atoms with Crippen molar-refractivity contribution in [2.75, 3.05) is 11.5 Å². The van der Waals surface area contributed by atoms with Gasteiger partial charge < -0.3 is 5.11 Å². The first-order chi connectivity index (χ1) is 7.74. The van der Waals surface area contributed by atoms with Crippen molar-refractivity contribution in [3.8, 4) is 0 Å². The summed E-state index contributed by atoms with van der Waals surface area (Å²) in [6, 6.07) is 0. The number of hydrogen-bond donors (Lipinski definition) is 1. The molecule has 1 saturated heterocycles. The summed E-state index contributed by atoms with van der Waals surface area (Å²) in [6.45, 7) is 3.00. The summed E-state index contributed by atoms with van der Waals surface area (Å²) in [6.07, 6.45) is 3.55.